The summed E-state index contributed by atoms with van der Waals surface area (Å²) in [5.74, 6) is 0.528. The number of nitrogens with one attached hydrogen (secondary N) is 1. The number of rotatable bonds is 4. The molecule has 5 heteroatoms. The summed E-state index contributed by atoms with van der Waals surface area (Å²) in [5.41, 5.74) is 2.41. The number of aryl methyl sites for hydroxylation is 1. The second kappa shape index (κ2) is 5.82. The van der Waals surface area contributed by atoms with Crippen LogP contribution in [0.3, 0.4) is 0 Å². The molecule has 0 amide bonds. The van der Waals surface area contributed by atoms with Gasteiger partial charge < -0.3 is 10.1 Å². The molecule has 106 valence electrons. The highest BCUT2D eigenvalue weighted by molar-refractivity contribution is 5.39. The van der Waals surface area contributed by atoms with E-state index in [1.807, 2.05) is 19.2 Å². The zero-order valence-corrected chi connectivity index (χ0v) is 10.9. The van der Waals surface area contributed by atoms with Gasteiger partial charge in [0.05, 0.1) is 13.0 Å². The number of benzene rings is 1. The highest BCUT2D eigenvalue weighted by Crippen LogP contribution is 2.32. The third kappa shape index (κ3) is 3.86. The average Bonchev–Trinajstić information content (AvgIpc) is 2.36. The van der Waals surface area contributed by atoms with Crippen molar-refractivity contribution < 1.29 is 17.9 Å². The molecule has 0 aliphatic heterocycles. The van der Waals surface area contributed by atoms with Crippen molar-refractivity contribution in [3.05, 3.63) is 29.3 Å². The predicted molar refractivity (Wildman–Crippen MR) is 67.3 cm³/mol. The quantitative estimate of drug-likeness (QED) is 0.904. The predicted octanol–water partition coefficient (Wildman–Crippen LogP) is 3.61. The molecule has 0 bridgehead atoms. The fraction of sp³-hybridized carbons (Fsp3) is 0.571. The van der Waals surface area contributed by atoms with E-state index in [1.54, 1.807) is 6.07 Å². The van der Waals surface area contributed by atoms with Crippen LogP contribution >= 0.6 is 0 Å². The molecule has 0 radical (unpaired) electrons. The fourth-order valence-corrected chi connectivity index (χ4v) is 2.46. The molecular formula is C14H18F3NO. The molecule has 1 aromatic carbocycles. The first kappa shape index (κ1) is 14.2. The van der Waals surface area contributed by atoms with Gasteiger partial charge in [0.1, 0.15) is 5.75 Å². The Balaban J connectivity index is 2.01. The Morgan fingerprint density at radius 3 is 2.84 bits per heavy atom. The van der Waals surface area contributed by atoms with Crippen LogP contribution in [0.25, 0.3) is 0 Å². The minimum absolute atomic E-state index is 0.322. The molecule has 19 heavy (non-hydrogen) atoms. The monoisotopic (exact) mass is 273 g/mol. The number of ether oxygens (including phenoxy) is 1. The number of halogens is 3. The van der Waals surface area contributed by atoms with Crippen molar-refractivity contribution in [3.8, 4) is 5.75 Å². The highest BCUT2D eigenvalue weighted by Gasteiger charge is 2.27. The third-order valence-corrected chi connectivity index (χ3v) is 3.43. The molecule has 1 aromatic rings. The van der Waals surface area contributed by atoms with Crippen molar-refractivity contribution in [1.29, 1.82) is 0 Å². The SMILES string of the molecule is CNC1CCCc2cc(OCCC(F)(F)F)ccc21. The van der Waals surface area contributed by atoms with Crippen LogP contribution in [-0.2, 0) is 6.42 Å². The van der Waals surface area contributed by atoms with Gasteiger partial charge in [-0.3, -0.25) is 0 Å². The van der Waals surface area contributed by atoms with Crippen molar-refractivity contribution in [1.82, 2.24) is 5.32 Å². The molecule has 0 fully saturated rings. The molecule has 1 N–H and O–H groups in total. The molecule has 0 heterocycles. The first-order valence-corrected chi connectivity index (χ1v) is 6.49. The number of alkyl halides is 3. The topological polar surface area (TPSA) is 21.3 Å². The van der Waals surface area contributed by atoms with E-state index in [-0.39, 0.29) is 6.61 Å². The van der Waals surface area contributed by atoms with Crippen LogP contribution < -0.4 is 10.1 Å². The first-order valence-electron chi connectivity index (χ1n) is 6.49. The van der Waals surface area contributed by atoms with Crippen LogP contribution in [0, 0.1) is 0 Å². The van der Waals surface area contributed by atoms with Gasteiger partial charge in [0.25, 0.3) is 0 Å². The van der Waals surface area contributed by atoms with E-state index in [2.05, 4.69) is 5.32 Å². The lowest BCUT2D eigenvalue weighted by Gasteiger charge is -2.25. The Kier molecular flexibility index (Phi) is 4.34. The second-order valence-corrected chi connectivity index (χ2v) is 4.81. The molecule has 2 nitrogen and oxygen atoms in total. The van der Waals surface area contributed by atoms with Gasteiger partial charge in [0, 0.05) is 6.04 Å². The number of hydrogen-bond acceptors (Lipinski definition) is 2. The van der Waals surface area contributed by atoms with Crippen LogP contribution in [0.1, 0.15) is 36.4 Å². The minimum Gasteiger partial charge on any atom is -0.493 e. The minimum atomic E-state index is -4.16. The van der Waals surface area contributed by atoms with Crippen LogP contribution in [0.15, 0.2) is 18.2 Å². The Morgan fingerprint density at radius 2 is 2.16 bits per heavy atom. The summed E-state index contributed by atoms with van der Waals surface area (Å²) in [4.78, 5) is 0. The van der Waals surface area contributed by atoms with Crippen LogP contribution in [-0.4, -0.2) is 19.8 Å². The maximum absolute atomic E-state index is 12.0. The summed E-state index contributed by atoms with van der Waals surface area (Å²) in [6.07, 6.45) is -1.93. The fourth-order valence-electron chi connectivity index (χ4n) is 2.46. The summed E-state index contributed by atoms with van der Waals surface area (Å²) in [5, 5.41) is 3.25. The van der Waals surface area contributed by atoms with E-state index in [0.717, 1.165) is 19.3 Å². The average molecular weight is 273 g/mol. The maximum Gasteiger partial charge on any atom is 0.392 e. The van der Waals surface area contributed by atoms with Crippen molar-refractivity contribution in [2.75, 3.05) is 13.7 Å². The van der Waals surface area contributed by atoms with Crippen molar-refractivity contribution >= 4 is 0 Å². The van der Waals surface area contributed by atoms with Gasteiger partial charge in [-0.25, -0.2) is 0 Å². The third-order valence-electron chi connectivity index (χ3n) is 3.43. The van der Waals surface area contributed by atoms with Gasteiger partial charge in [-0.05, 0) is 49.6 Å². The summed E-state index contributed by atoms with van der Waals surface area (Å²) >= 11 is 0. The summed E-state index contributed by atoms with van der Waals surface area (Å²) in [6.45, 7) is -0.322. The number of fused-ring (bicyclic) bond motifs is 1. The molecule has 0 aromatic heterocycles. The van der Waals surface area contributed by atoms with Crippen molar-refractivity contribution in [2.24, 2.45) is 0 Å². The van der Waals surface area contributed by atoms with Gasteiger partial charge in [0.15, 0.2) is 0 Å². The summed E-state index contributed by atoms with van der Waals surface area (Å²) in [7, 11) is 1.92. The van der Waals surface area contributed by atoms with Crippen LogP contribution in [0.5, 0.6) is 5.75 Å². The van der Waals surface area contributed by atoms with Crippen molar-refractivity contribution in [2.45, 2.75) is 37.9 Å². The molecule has 1 atom stereocenters. The van der Waals surface area contributed by atoms with Crippen LogP contribution in [0.4, 0.5) is 13.2 Å². The lowest BCUT2D eigenvalue weighted by atomic mass is 9.87. The van der Waals surface area contributed by atoms with E-state index < -0.39 is 12.6 Å². The Morgan fingerprint density at radius 1 is 1.37 bits per heavy atom. The van der Waals surface area contributed by atoms with E-state index in [9.17, 15) is 13.2 Å². The smallest absolute Gasteiger partial charge is 0.392 e. The molecule has 1 aliphatic carbocycles. The second-order valence-electron chi connectivity index (χ2n) is 4.81. The zero-order chi connectivity index (χ0) is 13.9. The van der Waals surface area contributed by atoms with Gasteiger partial charge in [-0.15, -0.1) is 0 Å². The van der Waals surface area contributed by atoms with Crippen LogP contribution in [0.2, 0.25) is 0 Å². The van der Waals surface area contributed by atoms with Gasteiger partial charge in [-0.2, -0.15) is 13.2 Å². The van der Waals surface area contributed by atoms with E-state index in [1.165, 1.54) is 11.1 Å². The van der Waals surface area contributed by atoms with E-state index in [0.29, 0.717) is 11.8 Å². The zero-order valence-electron chi connectivity index (χ0n) is 10.9. The van der Waals surface area contributed by atoms with Gasteiger partial charge in [-0.1, -0.05) is 6.07 Å². The van der Waals surface area contributed by atoms with E-state index in [4.69, 9.17) is 4.74 Å². The van der Waals surface area contributed by atoms with Gasteiger partial charge in [0.2, 0.25) is 0 Å². The molecule has 0 spiro atoms. The molecule has 2 rings (SSSR count). The normalized spacial score (nSPS) is 19.1. The van der Waals surface area contributed by atoms with Crippen molar-refractivity contribution in [3.63, 3.8) is 0 Å². The molecular weight excluding hydrogens is 255 g/mol. The summed E-state index contributed by atoms with van der Waals surface area (Å²) in [6, 6.07) is 5.92. The number of hydrogen-bond donors (Lipinski definition) is 1. The maximum atomic E-state index is 12.0. The lowest BCUT2D eigenvalue weighted by Crippen LogP contribution is -2.21. The Hall–Kier alpha value is -1.23. The highest BCUT2D eigenvalue weighted by atomic mass is 19.4. The standard InChI is InChI=1S/C14H18F3NO/c1-18-13-4-2-3-10-9-11(5-6-12(10)13)19-8-7-14(15,16)17/h5-6,9,13,18H,2-4,7-8H2,1H3. The first-order chi connectivity index (χ1) is 8.99. The van der Waals surface area contributed by atoms with E-state index >= 15 is 0 Å². The molecule has 1 aliphatic rings. The largest absolute Gasteiger partial charge is 0.493 e. The molecule has 0 saturated heterocycles. The Bertz CT molecular complexity index is 431. The Labute approximate surface area is 111 Å². The summed E-state index contributed by atoms with van der Waals surface area (Å²) < 4.78 is 41.3. The molecule has 0 saturated carbocycles. The molecule has 1 unspecified atom stereocenters. The van der Waals surface area contributed by atoms with Gasteiger partial charge >= 0.3 is 6.18 Å². The lowest BCUT2D eigenvalue weighted by molar-refractivity contribution is -0.139.